The summed E-state index contributed by atoms with van der Waals surface area (Å²) in [7, 11) is 0. The number of benzene rings is 1. The zero-order valence-electron chi connectivity index (χ0n) is 12.7. The SMILES string of the molecule is CCN(Cc1nc2ccccc2c(=O)[nH]1)C(=O)[C@@H]1C[C@H]1C(=O)O. The van der Waals surface area contributed by atoms with Crippen molar-refractivity contribution in [2.75, 3.05) is 6.54 Å². The van der Waals surface area contributed by atoms with Gasteiger partial charge in [-0.2, -0.15) is 0 Å². The van der Waals surface area contributed by atoms with Crippen molar-refractivity contribution >= 4 is 22.8 Å². The van der Waals surface area contributed by atoms with Crippen LogP contribution in [-0.2, 0) is 16.1 Å². The molecule has 0 saturated heterocycles. The number of H-pyrrole nitrogens is 1. The molecule has 0 spiro atoms. The molecular weight excluding hydrogens is 298 g/mol. The number of para-hydroxylation sites is 1. The van der Waals surface area contributed by atoms with Crippen LogP contribution in [0.15, 0.2) is 29.1 Å². The molecule has 0 unspecified atom stereocenters. The number of hydrogen-bond donors (Lipinski definition) is 2. The second-order valence-electron chi connectivity index (χ2n) is 5.67. The first-order chi connectivity index (χ1) is 11.0. The Hall–Kier alpha value is -2.70. The van der Waals surface area contributed by atoms with Crippen LogP contribution in [0, 0.1) is 11.8 Å². The lowest BCUT2D eigenvalue weighted by Crippen LogP contribution is -2.33. The smallest absolute Gasteiger partial charge is 0.307 e. The number of amides is 1. The molecule has 0 aliphatic heterocycles. The van der Waals surface area contributed by atoms with Gasteiger partial charge in [0.1, 0.15) is 5.82 Å². The van der Waals surface area contributed by atoms with Crippen molar-refractivity contribution in [1.82, 2.24) is 14.9 Å². The van der Waals surface area contributed by atoms with Crippen LogP contribution >= 0.6 is 0 Å². The highest BCUT2D eigenvalue weighted by Crippen LogP contribution is 2.40. The third-order valence-electron chi connectivity index (χ3n) is 4.12. The zero-order valence-corrected chi connectivity index (χ0v) is 12.7. The lowest BCUT2D eigenvalue weighted by Gasteiger charge is -2.20. The summed E-state index contributed by atoms with van der Waals surface area (Å²) in [6.45, 7) is 2.41. The molecule has 2 N–H and O–H groups in total. The number of nitrogens with zero attached hydrogens (tertiary/aromatic N) is 2. The Balaban J connectivity index is 1.81. The first-order valence-corrected chi connectivity index (χ1v) is 7.50. The Morgan fingerprint density at radius 3 is 2.74 bits per heavy atom. The normalized spacial score (nSPS) is 19.5. The molecule has 2 atom stereocenters. The highest BCUT2D eigenvalue weighted by Gasteiger charge is 2.49. The lowest BCUT2D eigenvalue weighted by molar-refractivity contribution is -0.142. The summed E-state index contributed by atoms with van der Waals surface area (Å²) in [5, 5.41) is 9.44. The number of carbonyl (C=O) groups is 2. The minimum absolute atomic E-state index is 0.165. The predicted molar refractivity (Wildman–Crippen MR) is 82.7 cm³/mol. The number of aliphatic carboxylic acids is 1. The number of carbonyl (C=O) groups excluding carboxylic acids is 1. The first kappa shape index (κ1) is 15.2. The highest BCUT2D eigenvalue weighted by molar-refractivity contribution is 5.89. The van der Waals surface area contributed by atoms with Gasteiger partial charge in [0.05, 0.1) is 29.3 Å². The molecule has 23 heavy (non-hydrogen) atoms. The number of aromatic nitrogens is 2. The van der Waals surface area contributed by atoms with Crippen molar-refractivity contribution in [2.45, 2.75) is 19.9 Å². The van der Waals surface area contributed by atoms with Crippen molar-refractivity contribution in [3.8, 4) is 0 Å². The van der Waals surface area contributed by atoms with E-state index in [1.165, 1.54) is 4.90 Å². The maximum Gasteiger partial charge on any atom is 0.307 e. The number of carboxylic acids is 1. The van der Waals surface area contributed by atoms with Gasteiger partial charge in [0.2, 0.25) is 5.91 Å². The second kappa shape index (κ2) is 5.83. The first-order valence-electron chi connectivity index (χ1n) is 7.50. The fourth-order valence-corrected chi connectivity index (χ4v) is 2.71. The molecule has 1 aliphatic rings. The molecule has 1 saturated carbocycles. The zero-order chi connectivity index (χ0) is 16.6. The van der Waals surface area contributed by atoms with E-state index in [1.807, 2.05) is 6.92 Å². The van der Waals surface area contributed by atoms with Crippen LogP contribution in [0.2, 0.25) is 0 Å². The maximum atomic E-state index is 12.3. The summed E-state index contributed by atoms with van der Waals surface area (Å²) in [4.78, 5) is 43.9. The Morgan fingerprint density at radius 1 is 1.35 bits per heavy atom. The van der Waals surface area contributed by atoms with Crippen LogP contribution in [-0.4, -0.2) is 38.4 Å². The number of rotatable bonds is 5. The molecule has 0 radical (unpaired) electrons. The van der Waals surface area contributed by atoms with Crippen molar-refractivity contribution in [2.24, 2.45) is 11.8 Å². The van der Waals surface area contributed by atoms with Crippen LogP contribution in [0.4, 0.5) is 0 Å². The van der Waals surface area contributed by atoms with Crippen LogP contribution in [0.1, 0.15) is 19.2 Å². The minimum atomic E-state index is -0.934. The molecule has 1 amide bonds. The molecule has 0 bridgehead atoms. The maximum absolute atomic E-state index is 12.3. The van der Waals surface area contributed by atoms with Crippen LogP contribution in [0.3, 0.4) is 0 Å². The summed E-state index contributed by atoms with van der Waals surface area (Å²) in [5.74, 6) is -1.77. The lowest BCUT2D eigenvalue weighted by atomic mass is 10.2. The van der Waals surface area contributed by atoms with Gasteiger partial charge in [-0.25, -0.2) is 4.98 Å². The molecule has 1 fully saturated rings. The molecule has 1 aromatic carbocycles. The van der Waals surface area contributed by atoms with Crippen molar-refractivity contribution in [3.63, 3.8) is 0 Å². The van der Waals surface area contributed by atoms with E-state index in [9.17, 15) is 14.4 Å². The van der Waals surface area contributed by atoms with Crippen molar-refractivity contribution < 1.29 is 14.7 Å². The third kappa shape index (κ3) is 2.94. The Labute approximate surface area is 132 Å². The molecule has 1 heterocycles. The topological polar surface area (TPSA) is 103 Å². The molecule has 7 heteroatoms. The average Bonchev–Trinajstić information content (AvgIpc) is 3.33. The van der Waals surface area contributed by atoms with Crippen molar-refractivity contribution in [1.29, 1.82) is 0 Å². The van der Waals surface area contributed by atoms with Gasteiger partial charge in [0, 0.05) is 6.54 Å². The Kier molecular flexibility index (Phi) is 3.85. The Bertz CT molecular complexity index is 829. The van der Waals surface area contributed by atoms with Gasteiger partial charge >= 0.3 is 5.97 Å². The molecule has 1 aromatic heterocycles. The molecular formula is C16H17N3O4. The summed E-state index contributed by atoms with van der Waals surface area (Å²) in [6, 6.07) is 6.99. The van der Waals surface area contributed by atoms with Crippen LogP contribution in [0.25, 0.3) is 10.9 Å². The van der Waals surface area contributed by atoms with Gasteiger partial charge in [-0.15, -0.1) is 0 Å². The number of nitrogens with one attached hydrogen (secondary N) is 1. The van der Waals surface area contributed by atoms with E-state index >= 15 is 0 Å². The molecule has 7 nitrogen and oxygen atoms in total. The predicted octanol–water partition coefficient (Wildman–Crippen LogP) is 0.992. The molecule has 2 aromatic rings. The van der Waals surface area contributed by atoms with E-state index < -0.39 is 17.8 Å². The van der Waals surface area contributed by atoms with Gasteiger partial charge in [-0.3, -0.25) is 14.4 Å². The second-order valence-corrected chi connectivity index (χ2v) is 5.67. The minimum Gasteiger partial charge on any atom is -0.481 e. The van der Waals surface area contributed by atoms with E-state index in [1.54, 1.807) is 24.3 Å². The van der Waals surface area contributed by atoms with Gasteiger partial charge in [-0.1, -0.05) is 12.1 Å². The van der Waals surface area contributed by atoms with Gasteiger partial charge in [0.25, 0.3) is 5.56 Å². The molecule has 120 valence electrons. The van der Waals surface area contributed by atoms with Crippen LogP contribution < -0.4 is 5.56 Å². The summed E-state index contributed by atoms with van der Waals surface area (Å²) < 4.78 is 0. The summed E-state index contributed by atoms with van der Waals surface area (Å²) in [5.41, 5.74) is 0.327. The fraction of sp³-hybridized carbons (Fsp3) is 0.375. The van der Waals surface area contributed by atoms with Crippen LogP contribution in [0.5, 0.6) is 0 Å². The van der Waals surface area contributed by atoms with E-state index in [2.05, 4.69) is 9.97 Å². The van der Waals surface area contributed by atoms with E-state index in [-0.39, 0.29) is 18.0 Å². The summed E-state index contributed by atoms with van der Waals surface area (Å²) >= 11 is 0. The average molecular weight is 315 g/mol. The third-order valence-corrected chi connectivity index (χ3v) is 4.12. The highest BCUT2D eigenvalue weighted by atomic mass is 16.4. The number of hydrogen-bond acceptors (Lipinski definition) is 4. The van der Waals surface area contributed by atoms with Gasteiger partial charge in [0.15, 0.2) is 0 Å². The van der Waals surface area contributed by atoms with E-state index in [0.29, 0.717) is 29.7 Å². The van der Waals surface area contributed by atoms with Crippen molar-refractivity contribution in [3.05, 3.63) is 40.4 Å². The molecule has 1 aliphatic carbocycles. The monoisotopic (exact) mass is 315 g/mol. The Morgan fingerprint density at radius 2 is 2.09 bits per heavy atom. The fourth-order valence-electron chi connectivity index (χ4n) is 2.71. The van der Waals surface area contributed by atoms with Gasteiger partial charge < -0.3 is 15.0 Å². The number of carboxylic acid groups (broad SMARTS) is 1. The quantitative estimate of drug-likeness (QED) is 0.856. The van der Waals surface area contributed by atoms with E-state index in [4.69, 9.17) is 5.11 Å². The largest absolute Gasteiger partial charge is 0.481 e. The van der Waals surface area contributed by atoms with E-state index in [0.717, 1.165) is 0 Å². The number of aromatic amines is 1. The molecule has 3 rings (SSSR count). The summed E-state index contributed by atoms with van der Waals surface area (Å²) in [6.07, 6.45) is 0.381. The number of fused-ring (bicyclic) bond motifs is 1. The van der Waals surface area contributed by atoms with Gasteiger partial charge in [-0.05, 0) is 25.5 Å². The standard InChI is InChI=1S/C16H17N3O4/c1-2-19(15(21)10-7-11(10)16(22)23)8-13-17-12-6-4-3-5-9(12)14(20)18-13/h3-6,10-11H,2,7-8H2,1H3,(H,22,23)(H,17,18,20)/t10-,11-/m1/s1.